The van der Waals surface area contributed by atoms with E-state index in [-0.39, 0.29) is 6.07 Å². The zero-order valence-electron chi connectivity index (χ0n) is 10.2. The molecule has 0 bridgehead atoms. The quantitative estimate of drug-likeness (QED) is 0.491. The Balaban J connectivity index is 2.54. The van der Waals surface area contributed by atoms with Crippen LogP contribution in [0.1, 0.15) is 16.7 Å². The largest absolute Gasteiger partial charge is 0.416 e. The molecule has 1 aromatic heterocycles. The lowest BCUT2D eigenvalue weighted by Gasteiger charge is -2.14. The number of alkyl halides is 3. The van der Waals surface area contributed by atoms with Gasteiger partial charge in [0.25, 0.3) is 0 Å². The van der Waals surface area contributed by atoms with Crippen molar-refractivity contribution in [1.29, 1.82) is 0 Å². The van der Waals surface area contributed by atoms with Gasteiger partial charge in [0.2, 0.25) is 0 Å². The Morgan fingerprint density at radius 2 is 1.76 bits per heavy atom. The van der Waals surface area contributed by atoms with E-state index in [0.717, 1.165) is 12.4 Å². The molecule has 21 heavy (non-hydrogen) atoms. The molecule has 1 heterocycles. The van der Waals surface area contributed by atoms with E-state index in [2.05, 4.69) is 17.6 Å². The summed E-state index contributed by atoms with van der Waals surface area (Å²) in [4.78, 5) is 2.99. The molecule has 2 rings (SSSR count). The summed E-state index contributed by atoms with van der Waals surface area (Å²) in [6, 6.07) is 0.996. The van der Waals surface area contributed by atoms with Crippen molar-refractivity contribution in [3.63, 3.8) is 0 Å². The molecule has 0 spiro atoms. The van der Waals surface area contributed by atoms with Crippen molar-refractivity contribution in [1.82, 2.24) is 4.98 Å². The SMILES string of the molecule is Fc1cc(F)c(S)c(Cc2cnccc2C(F)(F)F)c1F. The number of thiol groups is 1. The lowest BCUT2D eigenvalue weighted by atomic mass is 10.0. The minimum atomic E-state index is -4.68. The Kier molecular flexibility index (Phi) is 4.18. The van der Waals surface area contributed by atoms with Crippen molar-refractivity contribution < 1.29 is 26.3 Å². The van der Waals surface area contributed by atoms with Crippen LogP contribution in [0.2, 0.25) is 0 Å². The van der Waals surface area contributed by atoms with Crippen LogP contribution < -0.4 is 0 Å². The van der Waals surface area contributed by atoms with E-state index in [1.54, 1.807) is 0 Å². The monoisotopic (exact) mass is 323 g/mol. The summed E-state index contributed by atoms with van der Waals surface area (Å²) in [6.45, 7) is 0. The molecule has 0 aliphatic rings. The molecule has 0 amide bonds. The van der Waals surface area contributed by atoms with E-state index >= 15 is 0 Å². The summed E-state index contributed by atoms with van der Waals surface area (Å²) >= 11 is 3.68. The second-order valence-corrected chi connectivity index (χ2v) is 4.64. The van der Waals surface area contributed by atoms with Crippen LogP contribution in [0, 0.1) is 17.5 Å². The van der Waals surface area contributed by atoms with Gasteiger partial charge in [-0.2, -0.15) is 13.2 Å². The minimum absolute atomic E-state index is 0.287. The van der Waals surface area contributed by atoms with E-state index in [4.69, 9.17) is 0 Å². The molecule has 1 aromatic carbocycles. The third kappa shape index (κ3) is 3.15. The number of hydrogen-bond acceptors (Lipinski definition) is 2. The van der Waals surface area contributed by atoms with Crippen LogP contribution in [0.4, 0.5) is 26.3 Å². The first-order valence-electron chi connectivity index (χ1n) is 5.57. The van der Waals surface area contributed by atoms with Gasteiger partial charge in [-0.05, 0) is 11.6 Å². The Bertz CT molecular complexity index is 657. The Hall–Kier alpha value is -1.70. The smallest absolute Gasteiger partial charge is 0.264 e. The average molecular weight is 323 g/mol. The second kappa shape index (κ2) is 5.59. The average Bonchev–Trinajstić information content (AvgIpc) is 2.41. The molecule has 0 atom stereocenters. The molecular weight excluding hydrogens is 316 g/mol. The van der Waals surface area contributed by atoms with Crippen LogP contribution in [0.25, 0.3) is 0 Å². The van der Waals surface area contributed by atoms with Gasteiger partial charge in [0.15, 0.2) is 11.6 Å². The number of pyridine rings is 1. The van der Waals surface area contributed by atoms with Crippen molar-refractivity contribution in [2.45, 2.75) is 17.5 Å². The molecule has 112 valence electrons. The molecule has 0 fully saturated rings. The first-order chi connectivity index (χ1) is 9.71. The van der Waals surface area contributed by atoms with Gasteiger partial charge < -0.3 is 0 Å². The summed E-state index contributed by atoms with van der Waals surface area (Å²) in [5.74, 6) is -4.07. The molecule has 0 N–H and O–H groups in total. The summed E-state index contributed by atoms with van der Waals surface area (Å²) in [6.07, 6.45) is -3.56. The van der Waals surface area contributed by atoms with Crippen LogP contribution >= 0.6 is 12.6 Å². The van der Waals surface area contributed by atoms with Crippen LogP contribution in [0.5, 0.6) is 0 Å². The maximum Gasteiger partial charge on any atom is 0.416 e. The van der Waals surface area contributed by atoms with Gasteiger partial charge >= 0.3 is 6.18 Å². The number of rotatable bonds is 2. The van der Waals surface area contributed by atoms with Crippen molar-refractivity contribution in [2.75, 3.05) is 0 Å². The summed E-state index contributed by atoms with van der Waals surface area (Å²) in [7, 11) is 0. The zero-order valence-corrected chi connectivity index (χ0v) is 11.1. The van der Waals surface area contributed by atoms with Gasteiger partial charge in [-0.25, -0.2) is 13.2 Å². The van der Waals surface area contributed by atoms with E-state index in [0.29, 0.717) is 6.07 Å². The number of benzene rings is 1. The molecule has 1 nitrogen and oxygen atoms in total. The lowest BCUT2D eigenvalue weighted by molar-refractivity contribution is -0.138. The number of halogens is 6. The van der Waals surface area contributed by atoms with Crippen molar-refractivity contribution in [3.05, 3.63) is 58.7 Å². The third-order valence-corrected chi connectivity index (χ3v) is 3.30. The van der Waals surface area contributed by atoms with E-state index < -0.39 is 51.6 Å². The first kappa shape index (κ1) is 15.7. The standard InChI is InChI=1S/C13H7F6NS/c14-9-4-10(15)12(21)7(11(9)16)3-6-5-20-2-1-8(6)13(17,18)19/h1-2,4-5,21H,3H2. The number of hydrogen-bond donors (Lipinski definition) is 1. The molecule has 0 radical (unpaired) electrons. The summed E-state index contributed by atoms with van der Waals surface area (Å²) in [5, 5.41) is 0. The summed E-state index contributed by atoms with van der Waals surface area (Å²) in [5.41, 5.74) is -2.03. The predicted molar refractivity (Wildman–Crippen MR) is 65.6 cm³/mol. The molecule has 0 unspecified atom stereocenters. The van der Waals surface area contributed by atoms with E-state index in [1.807, 2.05) is 0 Å². The van der Waals surface area contributed by atoms with Gasteiger partial charge in [0.05, 0.1) is 5.56 Å². The summed E-state index contributed by atoms with van der Waals surface area (Å²) < 4.78 is 78.6. The van der Waals surface area contributed by atoms with Crippen LogP contribution in [-0.2, 0) is 12.6 Å². The highest BCUT2D eigenvalue weighted by Crippen LogP contribution is 2.34. The number of nitrogens with zero attached hydrogens (tertiary/aromatic N) is 1. The van der Waals surface area contributed by atoms with Gasteiger partial charge in [-0.1, -0.05) is 0 Å². The van der Waals surface area contributed by atoms with E-state index in [9.17, 15) is 26.3 Å². The highest BCUT2D eigenvalue weighted by atomic mass is 32.1. The van der Waals surface area contributed by atoms with Crippen molar-refractivity contribution in [2.24, 2.45) is 0 Å². The van der Waals surface area contributed by atoms with Gasteiger partial charge in [-0.15, -0.1) is 12.6 Å². The highest BCUT2D eigenvalue weighted by molar-refractivity contribution is 7.80. The van der Waals surface area contributed by atoms with Gasteiger partial charge in [0, 0.05) is 35.3 Å². The zero-order chi connectivity index (χ0) is 15.8. The van der Waals surface area contributed by atoms with Crippen LogP contribution in [-0.4, -0.2) is 4.98 Å². The molecule has 8 heteroatoms. The van der Waals surface area contributed by atoms with E-state index in [1.165, 1.54) is 0 Å². The fourth-order valence-electron chi connectivity index (χ4n) is 1.83. The predicted octanol–water partition coefficient (Wildman–Crippen LogP) is 4.40. The Morgan fingerprint density at radius 3 is 2.38 bits per heavy atom. The normalized spacial score (nSPS) is 11.8. The maximum absolute atomic E-state index is 13.7. The molecule has 0 aliphatic heterocycles. The van der Waals surface area contributed by atoms with Crippen molar-refractivity contribution >= 4 is 12.6 Å². The van der Waals surface area contributed by atoms with Crippen molar-refractivity contribution in [3.8, 4) is 0 Å². The topological polar surface area (TPSA) is 12.9 Å². The lowest BCUT2D eigenvalue weighted by Crippen LogP contribution is -2.11. The maximum atomic E-state index is 13.7. The molecule has 0 aliphatic carbocycles. The molecular formula is C13H7F6NS. The van der Waals surface area contributed by atoms with Crippen LogP contribution in [0.15, 0.2) is 29.4 Å². The number of aromatic nitrogens is 1. The highest BCUT2D eigenvalue weighted by Gasteiger charge is 2.33. The Morgan fingerprint density at radius 1 is 1.10 bits per heavy atom. The van der Waals surface area contributed by atoms with Gasteiger partial charge in [0.1, 0.15) is 5.82 Å². The Labute approximate surface area is 121 Å². The van der Waals surface area contributed by atoms with Gasteiger partial charge in [-0.3, -0.25) is 4.98 Å². The second-order valence-electron chi connectivity index (χ2n) is 4.19. The molecule has 2 aromatic rings. The first-order valence-corrected chi connectivity index (χ1v) is 6.02. The fourth-order valence-corrected chi connectivity index (χ4v) is 2.07. The van der Waals surface area contributed by atoms with Crippen LogP contribution in [0.3, 0.4) is 0 Å². The molecule has 0 saturated heterocycles. The molecule has 0 saturated carbocycles. The fraction of sp³-hybridized carbons (Fsp3) is 0.154. The third-order valence-electron chi connectivity index (χ3n) is 2.82. The minimum Gasteiger partial charge on any atom is -0.264 e.